The number of hydrogen-bond acceptors (Lipinski definition) is 5. The number of carboxylic acids is 1. The van der Waals surface area contributed by atoms with Gasteiger partial charge in [-0.15, -0.1) is 0 Å². The topological polar surface area (TPSA) is 125 Å². The lowest BCUT2D eigenvalue weighted by Crippen LogP contribution is -2.36. The molecule has 9 heteroatoms. The van der Waals surface area contributed by atoms with Crippen LogP contribution in [0.4, 0.5) is 4.79 Å². The van der Waals surface area contributed by atoms with Gasteiger partial charge in [-0.25, -0.2) is 4.79 Å². The number of imide groups is 1. The van der Waals surface area contributed by atoms with Gasteiger partial charge in [-0.3, -0.25) is 19.7 Å². The molecule has 3 aliphatic heterocycles. The lowest BCUT2D eigenvalue weighted by Gasteiger charge is -2.16. The molecule has 23 heavy (non-hydrogen) atoms. The molecule has 3 heterocycles. The van der Waals surface area contributed by atoms with Crippen LogP contribution in [0.25, 0.3) is 0 Å². The van der Waals surface area contributed by atoms with E-state index in [0.717, 1.165) is 25.0 Å². The van der Waals surface area contributed by atoms with Crippen LogP contribution in [0.1, 0.15) is 25.7 Å². The van der Waals surface area contributed by atoms with E-state index >= 15 is 0 Å². The highest BCUT2D eigenvalue weighted by atomic mass is 32.2. The Balaban J connectivity index is 0.000000229. The molecule has 126 valence electrons. The zero-order valence-electron chi connectivity index (χ0n) is 12.4. The molecule has 4 amide bonds. The summed E-state index contributed by atoms with van der Waals surface area (Å²) in [6.07, 6.45) is 5.27. The van der Waals surface area contributed by atoms with Gasteiger partial charge >= 0.3 is 12.0 Å². The van der Waals surface area contributed by atoms with Crippen LogP contribution in [0.3, 0.4) is 0 Å². The van der Waals surface area contributed by atoms with Crippen molar-refractivity contribution in [2.24, 2.45) is 0 Å². The van der Waals surface area contributed by atoms with Crippen molar-refractivity contribution in [1.82, 2.24) is 16.0 Å². The number of aliphatic carboxylic acids is 1. The standard InChI is InChI=1S/C10H16N2O3S.C4H3NO2/c13-8(14)4-2-1-3-7-9-6(5-16-7)11-10(15)12-9;6-3-1-2-4(7)5-3/h6-7,9H,1-5H2,(H,13,14)(H2,11,12,15);1-2H,(H,5,6,7)/t6-,7-,9-;/m0./s1. The highest BCUT2D eigenvalue weighted by molar-refractivity contribution is 8.00. The summed E-state index contributed by atoms with van der Waals surface area (Å²) < 4.78 is 0. The normalized spacial score (nSPS) is 27.7. The van der Waals surface area contributed by atoms with Crippen LogP contribution in [0, 0.1) is 0 Å². The van der Waals surface area contributed by atoms with Gasteiger partial charge in [0.25, 0.3) is 11.8 Å². The number of fused-ring (bicyclic) bond motifs is 1. The summed E-state index contributed by atoms with van der Waals surface area (Å²) in [5.74, 6) is -0.421. The number of carbonyl (C=O) groups excluding carboxylic acids is 3. The fourth-order valence-corrected chi connectivity index (χ4v) is 4.16. The Bertz CT molecular complexity index is 521. The van der Waals surface area contributed by atoms with Crippen LogP contribution in [0.5, 0.6) is 0 Å². The first-order valence-electron chi connectivity index (χ1n) is 7.39. The van der Waals surface area contributed by atoms with E-state index in [4.69, 9.17) is 5.11 Å². The maximum Gasteiger partial charge on any atom is 0.315 e. The highest BCUT2D eigenvalue weighted by Gasteiger charge is 2.42. The third kappa shape index (κ3) is 5.27. The largest absolute Gasteiger partial charge is 0.481 e. The SMILES string of the molecule is O=C(O)CCCC[C@@H]1SC[C@@H]2NC(=O)N[C@@H]21.O=C1C=CC(=O)N1. The highest BCUT2D eigenvalue weighted by Crippen LogP contribution is 2.33. The summed E-state index contributed by atoms with van der Waals surface area (Å²) in [4.78, 5) is 41.5. The number of hydrogen-bond donors (Lipinski definition) is 4. The minimum Gasteiger partial charge on any atom is -0.481 e. The van der Waals surface area contributed by atoms with E-state index in [-0.39, 0.29) is 36.3 Å². The monoisotopic (exact) mass is 341 g/mol. The van der Waals surface area contributed by atoms with Crippen molar-refractivity contribution < 1.29 is 24.3 Å². The summed E-state index contributed by atoms with van der Waals surface area (Å²) in [5, 5.41) is 16.8. The molecule has 0 aliphatic carbocycles. The van der Waals surface area contributed by atoms with Crippen molar-refractivity contribution in [2.45, 2.75) is 43.0 Å². The van der Waals surface area contributed by atoms with Gasteiger partial charge in [0.05, 0.1) is 12.1 Å². The minimum absolute atomic E-state index is 0.0640. The second-order valence-electron chi connectivity index (χ2n) is 5.45. The number of unbranched alkanes of at least 4 members (excludes halogenated alkanes) is 1. The molecular weight excluding hydrogens is 322 g/mol. The van der Waals surface area contributed by atoms with Gasteiger partial charge in [0.2, 0.25) is 0 Å². The van der Waals surface area contributed by atoms with Crippen LogP contribution in [0.2, 0.25) is 0 Å². The van der Waals surface area contributed by atoms with E-state index in [0.29, 0.717) is 5.25 Å². The number of urea groups is 1. The van der Waals surface area contributed by atoms with Crippen molar-refractivity contribution in [3.8, 4) is 0 Å². The summed E-state index contributed by atoms with van der Waals surface area (Å²) in [6, 6.07) is 0.440. The molecule has 3 aliphatic rings. The first kappa shape index (κ1) is 17.3. The minimum atomic E-state index is -0.729. The predicted molar refractivity (Wildman–Crippen MR) is 83.9 cm³/mol. The molecule has 0 aromatic carbocycles. The quantitative estimate of drug-likeness (QED) is 0.317. The van der Waals surface area contributed by atoms with Gasteiger partial charge < -0.3 is 15.7 Å². The Morgan fingerprint density at radius 2 is 1.87 bits per heavy atom. The van der Waals surface area contributed by atoms with Gasteiger partial charge in [-0.1, -0.05) is 6.42 Å². The van der Waals surface area contributed by atoms with Crippen LogP contribution in [-0.2, 0) is 14.4 Å². The van der Waals surface area contributed by atoms with E-state index in [1.165, 1.54) is 12.2 Å². The second-order valence-corrected chi connectivity index (χ2v) is 6.72. The number of amides is 4. The molecule has 0 spiro atoms. The molecule has 0 aromatic heterocycles. The lowest BCUT2D eigenvalue weighted by molar-refractivity contribution is -0.137. The van der Waals surface area contributed by atoms with Gasteiger partial charge in [-0.05, 0) is 12.8 Å². The first-order chi connectivity index (χ1) is 11.0. The molecular formula is C14H19N3O5S. The van der Waals surface area contributed by atoms with Gasteiger partial charge in [-0.2, -0.15) is 11.8 Å². The molecule has 0 aromatic rings. The van der Waals surface area contributed by atoms with Gasteiger partial charge in [0.1, 0.15) is 0 Å². The summed E-state index contributed by atoms with van der Waals surface area (Å²) in [7, 11) is 0. The molecule has 0 unspecified atom stereocenters. The third-order valence-electron chi connectivity index (χ3n) is 3.70. The number of carboxylic acid groups (broad SMARTS) is 1. The third-order valence-corrected chi connectivity index (χ3v) is 5.21. The molecule has 0 radical (unpaired) electrons. The van der Waals surface area contributed by atoms with Crippen LogP contribution < -0.4 is 16.0 Å². The molecule has 2 saturated heterocycles. The van der Waals surface area contributed by atoms with Crippen molar-refractivity contribution in [1.29, 1.82) is 0 Å². The average molecular weight is 341 g/mol. The summed E-state index contributed by atoms with van der Waals surface area (Å²) in [6.45, 7) is 0. The Labute approximate surface area is 137 Å². The van der Waals surface area contributed by atoms with E-state index in [9.17, 15) is 19.2 Å². The van der Waals surface area contributed by atoms with Crippen molar-refractivity contribution in [2.75, 3.05) is 5.75 Å². The lowest BCUT2D eigenvalue weighted by atomic mass is 10.0. The molecule has 4 N–H and O–H groups in total. The van der Waals surface area contributed by atoms with E-state index in [2.05, 4.69) is 10.6 Å². The maximum atomic E-state index is 11.1. The second kappa shape index (κ2) is 8.00. The number of thioether (sulfide) groups is 1. The molecule has 3 rings (SSSR count). The zero-order valence-corrected chi connectivity index (χ0v) is 13.2. The fourth-order valence-electron chi connectivity index (χ4n) is 2.62. The molecule has 2 fully saturated rings. The van der Waals surface area contributed by atoms with Crippen molar-refractivity contribution >= 4 is 35.6 Å². The van der Waals surface area contributed by atoms with Gasteiger partial charge in [0.15, 0.2) is 0 Å². The van der Waals surface area contributed by atoms with Crippen molar-refractivity contribution in [3.05, 3.63) is 12.2 Å². The number of nitrogens with one attached hydrogen (secondary N) is 3. The first-order valence-corrected chi connectivity index (χ1v) is 8.44. The number of carbonyl (C=O) groups is 4. The van der Waals surface area contributed by atoms with Crippen LogP contribution >= 0.6 is 11.8 Å². The zero-order chi connectivity index (χ0) is 16.8. The van der Waals surface area contributed by atoms with Crippen LogP contribution in [0.15, 0.2) is 12.2 Å². The van der Waals surface area contributed by atoms with E-state index in [1.54, 1.807) is 0 Å². The average Bonchev–Trinajstić information content (AvgIpc) is 3.12. The molecule has 0 bridgehead atoms. The Hall–Kier alpha value is -2.03. The maximum absolute atomic E-state index is 11.1. The molecule has 0 saturated carbocycles. The number of rotatable bonds is 5. The van der Waals surface area contributed by atoms with E-state index < -0.39 is 5.97 Å². The molecule has 8 nitrogen and oxygen atoms in total. The van der Waals surface area contributed by atoms with Crippen molar-refractivity contribution in [3.63, 3.8) is 0 Å². The Kier molecular flexibility index (Phi) is 6.03. The van der Waals surface area contributed by atoms with Crippen LogP contribution in [-0.4, -0.2) is 52.0 Å². The van der Waals surface area contributed by atoms with Gasteiger partial charge in [0, 0.05) is 29.6 Å². The summed E-state index contributed by atoms with van der Waals surface area (Å²) >= 11 is 1.87. The summed E-state index contributed by atoms with van der Waals surface area (Å²) in [5.41, 5.74) is 0. The molecule has 3 atom stereocenters. The smallest absolute Gasteiger partial charge is 0.315 e. The Morgan fingerprint density at radius 3 is 2.43 bits per heavy atom. The van der Waals surface area contributed by atoms with E-state index in [1.807, 2.05) is 17.1 Å². The Morgan fingerprint density at radius 1 is 1.17 bits per heavy atom. The fraction of sp³-hybridized carbons (Fsp3) is 0.571. The predicted octanol–water partition coefficient (Wildman–Crippen LogP) is -0.00420.